The van der Waals surface area contributed by atoms with E-state index in [0.717, 1.165) is 0 Å². The predicted molar refractivity (Wildman–Crippen MR) is 56.2 cm³/mol. The summed E-state index contributed by atoms with van der Waals surface area (Å²) >= 11 is 0. The molecule has 0 aliphatic heterocycles. The monoisotopic (exact) mass is 273 g/mol. The molecule has 1 aromatic heterocycles. The van der Waals surface area contributed by atoms with Gasteiger partial charge in [0.15, 0.2) is 0 Å². The van der Waals surface area contributed by atoms with Crippen molar-refractivity contribution in [3.8, 4) is 0 Å². The molecule has 0 amide bonds. The van der Waals surface area contributed by atoms with E-state index in [1.54, 1.807) is 26.2 Å². The van der Waals surface area contributed by atoms with Crippen molar-refractivity contribution in [1.29, 1.82) is 0 Å². The molecule has 1 heterocycles. The van der Waals surface area contributed by atoms with Crippen LogP contribution in [-0.4, -0.2) is 21.4 Å². The fraction of sp³-hybridized carbons (Fsp3) is 0.200. The molecule has 1 radical (unpaired) electrons. The van der Waals surface area contributed by atoms with Gasteiger partial charge in [-0.05, 0) is 25.0 Å². The summed E-state index contributed by atoms with van der Waals surface area (Å²) < 4.78 is 0. The molecule has 5 heteroatoms. The summed E-state index contributed by atoms with van der Waals surface area (Å²) in [6.45, 7) is 3.40. The van der Waals surface area contributed by atoms with Crippen molar-refractivity contribution in [2.45, 2.75) is 13.8 Å². The second-order valence-electron chi connectivity index (χ2n) is 3.20. The first kappa shape index (κ1) is 12.3. The second-order valence-corrected chi connectivity index (χ2v) is 3.20. The average molecular weight is 273 g/mol. The maximum absolute atomic E-state index is 9.57. The predicted octanol–water partition coefficient (Wildman–Crippen LogP) is -0.150. The van der Waals surface area contributed by atoms with Crippen LogP contribution in [0.4, 0.5) is 0 Å². The molecule has 0 saturated heterocycles. The van der Waals surface area contributed by atoms with Crippen LogP contribution >= 0.6 is 0 Å². The summed E-state index contributed by atoms with van der Waals surface area (Å²) in [5.74, 6) is 0. The van der Waals surface area contributed by atoms with Gasteiger partial charge in [-0.3, -0.25) is 9.97 Å². The minimum absolute atomic E-state index is 0. The molecule has 15 heavy (non-hydrogen) atoms. The van der Waals surface area contributed by atoms with Gasteiger partial charge in [-0.1, -0.05) is 0 Å². The van der Waals surface area contributed by atoms with Gasteiger partial charge < -0.3 is 10.8 Å². The second kappa shape index (κ2) is 4.41. The summed E-state index contributed by atoms with van der Waals surface area (Å²) in [5.41, 5.74) is 0.874. The first-order valence-electron chi connectivity index (χ1n) is 4.24. The van der Waals surface area contributed by atoms with Crippen LogP contribution in [0.1, 0.15) is 13.8 Å². The number of fused-ring (bicyclic) bond motifs is 1. The summed E-state index contributed by atoms with van der Waals surface area (Å²) in [5, 5.41) is 20.4. The number of nitrogens with zero attached hydrogens (tertiary/aromatic N) is 4. The van der Waals surface area contributed by atoms with E-state index in [9.17, 15) is 10.8 Å². The zero-order valence-corrected chi connectivity index (χ0v) is 11.4. The number of hydrogen-bond acceptors (Lipinski definition) is 2. The molecular formula is C10H8N4Y-2. The van der Waals surface area contributed by atoms with Gasteiger partial charge in [0, 0.05) is 45.1 Å². The van der Waals surface area contributed by atoms with Crippen molar-refractivity contribution in [1.82, 2.24) is 9.97 Å². The average Bonchev–Trinajstić information content (AvgIpc) is 2.23. The fourth-order valence-electron chi connectivity index (χ4n) is 1.47. The third-order valence-electron chi connectivity index (χ3n) is 2.34. The summed E-state index contributed by atoms with van der Waals surface area (Å²) in [6.07, 6.45) is 3.12. The maximum atomic E-state index is 9.57. The van der Waals surface area contributed by atoms with Crippen molar-refractivity contribution in [2.75, 3.05) is 0 Å². The van der Waals surface area contributed by atoms with E-state index < -0.39 is 0 Å². The number of rotatable bonds is 0. The molecular weight excluding hydrogens is 265 g/mol. The van der Waals surface area contributed by atoms with E-state index >= 15 is 0 Å². The van der Waals surface area contributed by atoms with E-state index in [-0.39, 0.29) is 44.1 Å². The van der Waals surface area contributed by atoms with Crippen LogP contribution in [0.5, 0.6) is 0 Å². The Morgan fingerprint density at radius 2 is 1.20 bits per heavy atom. The van der Waals surface area contributed by atoms with Gasteiger partial charge in [-0.25, -0.2) is 0 Å². The van der Waals surface area contributed by atoms with Crippen LogP contribution in [0, 0.1) is 0 Å². The van der Waals surface area contributed by atoms with Crippen molar-refractivity contribution in [3.05, 3.63) is 33.9 Å². The Balaban J connectivity index is 0.00000112. The fourth-order valence-corrected chi connectivity index (χ4v) is 1.47. The van der Waals surface area contributed by atoms with Gasteiger partial charge in [-0.2, -0.15) is 11.4 Å². The first-order chi connectivity index (χ1) is 6.63. The molecule has 2 rings (SSSR count). The van der Waals surface area contributed by atoms with Crippen LogP contribution < -0.4 is 10.7 Å². The summed E-state index contributed by atoms with van der Waals surface area (Å²) in [6, 6.07) is 0. The van der Waals surface area contributed by atoms with Crippen LogP contribution in [0.15, 0.2) is 12.4 Å². The Hall–Kier alpha value is -0.736. The Bertz CT molecular complexity index is 508. The number of aromatic nitrogens is 2. The van der Waals surface area contributed by atoms with E-state index in [1.807, 2.05) is 0 Å². The van der Waals surface area contributed by atoms with Crippen LogP contribution in [-0.2, 0) is 32.7 Å². The minimum atomic E-state index is -0.115. The molecule has 0 atom stereocenters. The summed E-state index contributed by atoms with van der Waals surface area (Å²) in [4.78, 5) is 8.22. The zero-order valence-electron chi connectivity index (χ0n) is 8.52. The molecule has 0 bridgehead atoms. The Labute approximate surface area is 112 Å². The van der Waals surface area contributed by atoms with Crippen molar-refractivity contribution < 1.29 is 32.7 Å². The number of hydrogen-bond donors (Lipinski definition) is 0. The third-order valence-corrected chi connectivity index (χ3v) is 2.34. The third kappa shape index (κ3) is 1.84. The van der Waals surface area contributed by atoms with Gasteiger partial charge in [0.2, 0.25) is 0 Å². The van der Waals surface area contributed by atoms with Gasteiger partial charge in [0.1, 0.15) is 0 Å². The van der Waals surface area contributed by atoms with Crippen LogP contribution in [0.3, 0.4) is 0 Å². The van der Waals surface area contributed by atoms with Gasteiger partial charge in [0.25, 0.3) is 0 Å². The largest absolute Gasteiger partial charge is 0.805 e. The molecule has 4 nitrogen and oxygen atoms in total. The van der Waals surface area contributed by atoms with Crippen molar-refractivity contribution in [3.63, 3.8) is 0 Å². The molecule has 0 fully saturated rings. The molecule has 0 spiro atoms. The van der Waals surface area contributed by atoms with E-state index in [0.29, 0.717) is 21.8 Å². The van der Waals surface area contributed by atoms with E-state index in [4.69, 9.17) is 0 Å². The standard InChI is InChI=1S/C10H8N4.Y/c1-5-7(11)8(12)6(2)10-9(5)13-3-4-14-10;/h3-4H,1-2H3;/q-2;. The molecule has 1 aromatic rings. The quantitative estimate of drug-likeness (QED) is 0.659. The van der Waals surface area contributed by atoms with Crippen molar-refractivity contribution in [2.24, 2.45) is 0 Å². The molecule has 1 aliphatic carbocycles. The van der Waals surface area contributed by atoms with Crippen LogP contribution in [0.25, 0.3) is 22.0 Å². The normalized spacial score (nSPS) is 14.8. The molecule has 0 unspecified atom stereocenters. The molecule has 73 valence electrons. The maximum Gasteiger partial charge on any atom is 0.0904 e. The van der Waals surface area contributed by atoms with Gasteiger partial charge >= 0.3 is 0 Å². The Morgan fingerprint density at radius 1 is 0.867 bits per heavy atom. The molecule has 0 saturated carbocycles. The molecule has 0 aromatic carbocycles. The molecule has 1 aliphatic rings. The van der Waals surface area contributed by atoms with E-state index in [1.165, 1.54) is 0 Å². The minimum Gasteiger partial charge on any atom is -0.805 e. The van der Waals surface area contributed by atoms with Crippen LogP contribution in [0.2, 0.25) is 0 Å². The Kier molecular flexibility index (Phi) is 3.63. The van der Waals surface area contributed by atoms with Gasteiger partial charge in [0.05, 0.1) is 10.7 Å². The summed E-state index contributed by atoms with van der Waals surface area (Å²) in [7, 11) is 0. The zero-order chi connectivity index (χ0) is 10.3. The topological polar surface area (TPSA) is 70.4 Å². The van der Waals surface area contributed by atoms with E-state index in [2.05, 4.69) is 9.97 Å². The Morgan fingerprint density at radius 3 is 1.53 bits per heavy atom. The smallest absolute Gasteiger partial charge is 0.0904 e. The van der Waals surface area contributed by atoms with Crippen molar-refractivity contribution >= 4 is 22.6 Å². The van der Waals surface area contributed by atoms with Gasteiger partial charge in [-0.15, -0.1) is 0 Å². The first-order valence-corrected chi connectivity index (χ1v) is 4.24. The molecule has 0 N–H and O–H groups in total. The SMILES string of the molecule is CC1=c2nccnc2=C(C)C(=[N-])C1=[N-].[Y].